The number of aliphatic hydroxyl groups is 2. The van der Waals surface area contributed by atoms with E-state index in [0.717, 1.165) is 0 Å². The molecule has 13 nitrogen and oxygen atoms in total. The number of fused-ring (bicyclic) bond motifs is 3. The molecule has 3 aliphatic carbocycles. The topological polar surface area (TPSA) is 206 Å². The van der Waals surface area contributed by atoms with Crippen molar-refractivity contribution >= 4 is 34.7 Å². The first-order valence-corrected chi connectivity index (χ1v) is 13.0. The third-order valence-electron chi connectivity index (χ3n) is 8.48. The number of anilines is 1. The maximum Gasteiger partial charge on any atom is 0.235 e. The molecule has 0 spiro atoms. The number of carbonyl (C=O) groups excluding carboxylic acids is 5. The number of phenols is 1. The van der Waals surface area contributed by atoms with Crippen LogP contribution in [0.25, 0.3) is 0 Å². The van der Waals surface area contributed by atoms with Gasteiger partial charge in [-0.2, -0.15) is 0 Å². The number of primary amides is 1. The smallest absolute Gasteiger partial charge is 0.235 e. The van der Waals surface area contributed by atoms with Crippen molar-refractivity contribution in [2.45, 2.75) is 30.6 Å². The van der Waals surface area contributed by atoms with Gasteiger partial charge in [-0.25, -0.2) is 0 Å². The monoisotopic (exact) mass is 561 g/mol. The number of likely N-dealkylation sites (N-methyl/N-ethyl adjacent to an activating group) is 1. The summed E-state index contributed by atoms with van der Waals surface area (Å²) in [6.45, 7) is 3.01. The Balaban J connectivity index is 1.75. The molecule has 0 aromatic heterocycles. The van der Waals surface area contributed by atoms with Crippen LogP contribution in [0.2, 0.25) is 0 Å². The number of nitrogens with two attached hydrogens (primary N) is 1. The summed E-state index contributed by atoms with van der Waals surface area (Å²) in [5, 5.41) is 37.3. The van der Waals surface area contributed by atoms with Crippen molar-refractivity contribution in [2.24, 2.45) is 29.4 Å². The molecule has 1 amide bonds. The maximum absolute atomic E-state index is 14.0. The van der Waals surface area contributed by atoms with Gasteiger partial charge < -0.3 is 35.8 Å². The van der Waals surface area contributed by atoms with Crippen LogP contribution in [0.1, 0.15) is 28.8 Å². The summed E-state index contributed by atoms with van der Waals surface area (Å²) in [5.74, 6) is -13.5. The number of ketones is 4. The van der Waals surface area contributed by atoms with Crippen LogP contribution in [-0.4, -0.2) is 115 Å². The van der Waals surface area contributed by atoms with E-state index in [1.54, 1.807) is 26.2 Å². The van der Waals surface area contributed by atoms with Gasteiger partial charge in [-0.15, -0.1) is 0 Å². The van der Waals surface area contributed by atoms with E-state index in [2.05, 4.69) is 5.32 Å². The average Bonchev–Trinajstić information content (AvgIpc) is 2.88. The Morgan fingerprint density at radius 2 is 1.80 bits per heavy atom. The maximum atomic E-state index is 14.0. The highest BCUT2D eigenvalue weighted by Crippen LogP contribution is 2.55. The second-order valence-corrected chi connectivity index (χ2v) is 10.8. The van der Waals surface area contributed by atoms with Gasteiger partial charge in [0.1, 0.15) is 5.75 Å². The first kappa shape index (κ1) is 29.7. The molecule has 0 aliphatic heterocycles. The summed E-state index contributed by atoms with van der Waals surface area (Å²) in [4.78, 5) is 67.8. The number of nitrogens with one attached hydrogen (secondary N) is 1. The van der Waals surface area contributed by atoms with Gasteiger partial charge >= 0.3 is 0 Å². The predicted octanol–water partition coefficient (Wildman–Crippen LogP) is -1.53. The van der Waals surface area contributed by atoms with Gasteiger partial charge in [0, 0.05) is 19.6 Å². The van der Waals surface area contributed by atoms with E-state index < -0.39 is 82.1 Å². The quantitative estimate of drug-likeness (QED) is 0.132. The van der Waals surface area contributed by atoms with Gasteiger partial charge in [0.2, 0.25) is 5.91 Å². The summed E-state index contributed by atoms with van der Waals surface area (Å²) in [7, 11) is 4.44. The number of Topliss-reactive ketones (excluding diaryl/α,β-unsaturated/α-hetero) is 4. The molecule has 1 aromatic carbocycles. The number of aliphatic hydroxyl groups excluding tert-OH is 1. The lowest BCUT2D eigenvalue weighted by molar-refractivity contribution is -0.196. The molecule has 0 radical (unpaired) electrons. The molecule has 6 N–H and O–H groups in total. The Kier molecular flexibility index (Phi) is 8.16. The third kappa shape index (κ3) is 4.32. The number of hydrogen-bond donors (Lipinski definition) is 5. The van der Waals surface area contributed by atoms with Crippen molar-refractivity contribution in [2.75, 3.05) is 52.9 Å². The van der Waals surface area contributed by atoms with Gasteiger partial charge in [-0.1, -0.05) is 13.0 Å². The van der Waals surface area contributed by atoms with Crippen LogP contribution in [0, 0.1) is 23.7 Å². The molecule has 0 bridgehead atoms. The standard InChI is InChI=1S/C27H35N3O10/c1-11-12-5-6-13(29-7-8-40-10-9-39-4)20(31)15(12)21(32)16-14(11)22(33)18-19(30(2)3)23(34)17(26(28)37)25(36)27(18,38)24(16)35/h5-6,11,14,16-19,22,29,31,33,38H,7-10H2,1-4H3,(H2,28,37). The molecule has 4 rings (SSSR count). The predicted molar refractivity (Wildman–Crippen MR) is 139 cm³/mol. The van der Waals surface area contributed by atoms with Gasteiger partial charge in [0.05, 0.1) is 55.1 Å². The number of carbonyl (C=O) groups is 5. The van der Waals surface area contributed by atoms with E-state index >= 15 is 0 Å². The fourth-order valence-electron chi connectivity index (χ4n) is 6.63. The van der Waals surface area contributed by atoms with Crippen molar-refractivity contribution in [1.29, 1.82) is 0 Å². The lowest BCUT2D eigenvalue weighted by Gasteiger charge is -2.56. The van der Waals surface area contributed by atoms with E-state index in [0.29, 0.717) is 18.8 Å². The molecule has 2 fully saturated rings. The van der Waals surface area contributed by atoms with E-state index in [1.165, 1.54) is 19.0 Å². The highest BCUT2D eigenvalue weighted by Gasteiger charge is 2.72. The number of nitrogens with zero attached hydrogens (tertiary/aromatic N) is 1. The number of methoxy groups -OCH3 is 1. The molecule has 8 unspecified atom stereocenters. The molecule has 13 heteroatoms. The number of aromatic hydroxyl groups is 1. The van der Waals surface area contributed by atoms with Crippen molar-refractivity contribution in [3.05, 3.63) is 23.3 Å². The third-order valence-corrected chi connectivity index (χ3v) is 8.48. The number of benzene rings is 1. The number of hydrogen-bond acceptors (Lipinski definition) is 12. The summed E-state index contributed by atoms with van der Waals surface area (Å²) >= 11 is 0. The molecule has 218 valence electrons. The second-order valence-electron chi connectivity index (χ2n) is 10.8. The van der Waals surface area contributed by atoms with Gasteiger partial charge in [0.25, 0.3) is 0 Å². The summed E-state index contributed by atoms with van der Waals surface area (Å²) < 4.78 is 10.3. The van der Waals surface area contributed by atoms with Crippen LogP contribution in [0.4, 0.5) is 5.69 Å². The Labute approximate surface area is 230 Å². The zero-order valence-electron chi connectivity index (χ0n) is 22.7. The summed E-state index contributed by atoms with van der Waals surface area (Å²) in [5.41, 5.74) is 2.69. The molecular weight excluding hydrogens is 526 g/mol. The Bertz CT molecular complexity index is 1250. The number of amides is 1. The SMILES string of the molecule is COCCOCCNc1ccc2c(c1O)C(=O)C1C(=O)C3(O)C(=O)C(C(N)=O)C(=O)C(N(C)C)C3C(O)C1C2C. The molecule has 3 aliphatic rings. The van der Waals surface area contributed by atoms with Gasteiger partial charge in [-0.3, -0.25) is 28.9 Å². The number of rotatable bonds is 9. The van der Waals surface area contributed by atoms with Crippen LogP contribution in [0.15, 0.2) is 12.1 Å². The highest BCUT2D eigenvalue weighted by atomic mass is 16.5. The normalized spacial score (nSPS) is 33.4. The summed E-state index contributed by atoms with van der Waals surface area (Å²) in [6, 6.07) is 1.76. The molecular formula is C27H35N3O10. The van der Waals surface area contributed by atoms with Gasteiger partial charge in [0.15, 0.2) is 34.7 Å². The number of phenolic OH excluding ortho intramolecular Hbond substituents is 1. The van der Waals surface area contributed by atoms with Crippen LogP contribution in [0.3, 0.4) is 0 Å². The zero-order valence-corrected chi connectivity index (χ0v) is 22.7. The fraction of sp³-hybridized carbons (Fsp3) is 0.593. The average molecular weight is 562 g/mol. The zero-order chi connectivity index (χ0) is 29.7. The Hall–Kier alpha value is -3.23. The van der Waals surface area contributed by atoms with E-state index in [9.17, 15) is 39.3 Å². The van der Waals surface area contributed by atoms with Crippen LogP contribution in [-0.2, 0) is 28.7 Å². The second kappa shape index (κ2) is 11.0. The number of ether oxygens (including phenoxy) is 2. The van der Waals surface area contributed by atoms with E-state index in [1.807, 2.05) is 0 Å². The Morgan fingerprint density at radius 1 is 1.12 bits per heavy atom. The first-order chi connectivity index (χ1) is 18.8. The molecule has 1 aromatic rings. The van der Waals surface area contributed by atoms with Crippen molar-refractivity contribution < 1.29 is 48.8 Å². The van der Waals surface area contributed by atoms with E-state index in [-0.39, 0.29) is 24.4 Å². The van der Waals surface area contributed by atoms with Crippen molar-refractivity contribution in [1.82, 2.24) is 4.90 Å². The van der Waals surface area contributed by atoms with Crippen molar-refractivity contribution in [3.8, 4) is 5.75 Å². The fourth-order valence-corrected chi connectivity index (χ4v) is 6.63. The minimum Gasteiger partial charge on any atom is -0.505 e. The summed E-state index contributed by atoms with van der Waals surface area (Å²) in [6.07, 6.45) is -1.67. The molecule has 2 saturated carbocycles. The lowest BCUT2D eigenvalue weighted by Crippen LogP contribution is -2.77. The molecule has 8 atom stereocenters. The lowest BCUT2D eigenvalue weighted by atomic mass is 9.49. The van der Waals surface area contributed by atoms with Gasteiger partial charge in [-0.05, 0) is 31.6 Å². The van der Waals surface area contributed by atoms with E-state index in [4.69, 9.17) is 15.2 Å². The largest absolute Gasteiger partial charge is 0.505 e. The minimum absolute atomic E-state index is 0.170. The van der Waals surface area contributed by atoms with Crippen LogP contribution in [0.5, 0.6) is 5.75 Å². The minimum atomic E-state index is -3.03. The Morgan fingerprint density at radius 3 is 2.40 bits per heavy atom. The molecule has 0 heterocycles. The molecule has 0 saturated heterocycles. The highest BCUT2D eigenvalue weighted by molar-refractivity contribution is 6.32. The van der Waals surface area contributed by atoms with Crippen LogP contribution >= 0.6 is 0 Å². The van der Waals surface area contributed by atoms with Crippen molar-refractivity contribution in [3.63, 3.8) is 0 Å². The molecule has 40 heavy (non-hydrogen) atoms. The first-order valence-electron chi connectivity index (χ1n) is 13.0. The van der Waals surface area contributed by atoms with Crippen LogP contribution < -0.4 is 11.1 Å².